The maximum Gasteiger partial charge on any atom is 0.490 e. The van der Waals surface area contributed by atoms with E-state index in [1.165, 1.54) is 17.7 Å². The zero-order valence-corrected chi connectivity index (χ0v) is 5.66. The standard InChI is InChI=1S/C6H7BFNO2/c8-9-6-4-2-1-3-5(6)7(10)11/h1-4,9-11H. The molecule has 0 saturated carbocycles. The van der Waals surface area contributed by atoms with Gasteiger partial charge in [0.2, 0.25) is 0 Å². The van der Waals surface area contributed by atoms with Gasteiger partial charge in [0.05, 0.1) is 5.69 Å². The van der Waals surface area contributed by atoms with Crippen molar-refractivity contribution in [2.75, 3.05) is 5.54 Å². The highest BCUT2D eigenvalue weighted by Gasteiger charge is 2.14. The first kappa shape index (κ1) is 8.04. The lowest BCUT2D eigenvalue weighted by molar-refractivity contribution is 0.425. The van der Waals surface area contributed by atoms with Gasteiger partial charge in [-0.2, -0.15) is 0 Å². The predicted molar refractivity (Wildman–Crippen MR) is 41.0 cm³/mol. The molecule has 0 aliphatic heterocycles. The van der Waals surface area contributed by atoms with Gasteiger partial charge in [0, 0.05) is 5.46 Å². The van der Waals surface area contributed by atoms with E-state index >= 15 is 0 Å². The second-order valence-electron chi connectivity index (χ2n) is 2.06. The molecule has 1 aromatic carbocycles. The summed E-state index contributed by atoms with van der Waals surface area (Å²) in [4.78, 5) is 0. The lowest BCUT2D eigenvalue weighted by Crippen LogP contribution is -2.31. The Morgan fingerprint density at radius 3 is 2.36 bits per heavy atom. The molecule has 0 bridgehead atoms. The third-order valence-electron chi connectivity index (χ3n) is 1.34. The van der Waals surface area contributed by atoms with Crippen molar-refractivity contribution in [3.8, 4) is 0 Å². The van der Waals surface area contributed by atoms with Crippen LogP contribution in [0.15, 0.2) is 24.3 Å². The number of para-hydroxylation sites is 1. The number of hydrogen-bond donors (Lipinski definition) is 3. The largest absolute Gasteiger partial charge is 0.490 e. The summed E-state index contributed by atoms with van der Waals surface area (Å²) in [5, 5.41) is 17.4. The quantitative estimate of drug-likeness (QED) is 0.404. The fourth-order valence-corrected chi connectivity index (χ4v) is 0.808. The van der Waals surface area contributed by atoms with E-state index in [1.807, 2.05) is 0 Å². The van der Waals surface area contributed by atoms with E-state index in [-0.39, 0.29) is 11.2 Å². The van der Waals surface area contributed by atoms with E-state index in [9.17, 15) is 4.48 Å². The van der Waals surface area contributed by atoms with Crippen LogP contribution in [0.4, 0.5) is 10.2 Å². The van der Waals surface area contributed by atoms with E-state index < -0.39 is 7.12 Å². The maximum atomic E-state index is 11.9. The summed E-state index contributed by atoms with van der Waals surface area (Å²) >= 11 is 0. The molecule has 0 radical (unpaired) electrons. The molecule has 0 unspecified atom stereocenters. The molecule has 0 spiro atoms. The molecule has 3 nitrogen and oxygen atoms in total. The Kier molecular flexibility index (Phi) is 2.46. The van der Waals surface area contributed by atoms with Gasteiger partial charge >= 0.3 is 7.12 Å². The van der Waals surface area contributed by atoms with Crippen LogP contribution in [0.2, 0.25) is 0 Å². The van der Waals surface area contributed by atoms with Gasteiger partial charge in [-0.15, -0.1) is 4.48 Å². The summed E-state index contributed by atoms with van der Waals surface area (Å²) in [7, 11) is -1.64. The van der Waals surface area contributed by atoms with Crippen molar-refractivity contribution in [2.24, 2.45) is 0 Å². The summed E-state index contributed by atoms with van der Waals surface area (Å²) in [6, 6.07) is 6.02. The van der Waals surface area contributed by atoms with Crippen LogP contribution in [0.5, 0.6) is 0 Å². The van der Waals surface area contributed by atoms with Crippen LogP contribution >= 0.6 is 0 Å². The van der Waals surface area contributed by atoms with Gasteiger partial charge in [-0.1, -0.05) is 18.2 Å². The third-order valence-corrected chi connectivity index (χ3v) is 1.34. The van der Waals surface area contributed by atoms with Crippen LogP contribution in [0.25, 0.3) is 0 Å². The highest BCUT2D eigenvalue weighted by atomic mass is 19.2. The number of halogens is 1. The van der Waals surface area contributed by atoms with Crippen molar-refractivity contribution in [3.63, 3.8) is 0 Å². The Morgan fingerprint density at radius 1 is 1.27 bits per heavy atom. The second kappa shape index (κ2) is 3.36. The van der Waals surface area contributed by atoms with Crippen LogP contribution < -0.4 is 11.0 Å². The first-order chi connectivity index (χ1) is 5.25. The van der Waals surface area contributed by atoms with Crippen molar-refractivity contribution >= 4 is 18.3 Å². The molecule has 0 aromatic heterocycles. The van der Waals surface area contributed by atoms with Gasteiger partial charge in [-0.3, -0.25) is 0 Å². The van der Waals surface area contributed by atoms with E-state index in [4.69, 9.17) is 10.0 Å². The smallest absolute Gasteiger partial charge is 0.423 e. The van der Waals surface area contributed by atoms with Crippen LogP contribution in [0, 0.1) is 0 Å². The van der Waals surface area contributed by atoms with Crippen LogP contribution in [-0.2, 0) is 0 Å². The van der Waals surface area contributed by atoms with Crippen molar-refractivity contribution in [2.45, 2.75) is 0 Å². The first-order valence-electron chi connectivity index (χ1n) is 3.07. The number of nitrogens with one attached hydrogen (secondary N) is 1. The molecule has 3 N–H and O–H groups in total. The van der Waals surface area contributed by atoms with E-state index in [2.05, 4.69) is 0 Å². The predicted octanol–water partition coefficient (Wildman–Crippen LogP) is -0.337. The van der Waals surface area contributed by atoms with Gasteiger partial charge in [0.15, 0.2) is 0 Å². The molecular formula is C6H7BFNO2. The topological polar surface area (TPSA) is 52.5 Å². The van der Waals surface area contributed by atoms with E-state index in [0.717, 1.165) is 0 Å². The third kappa shape index (κ3) is 1.69. The number of anilines is 1. The van der Waals surface area contributed by atoms with Crippen LogP contribution in [0.1, 0.15) is 0 Å². The van der Waals surface area contributed by atoms with Crippen LogP contribution in [-0.4, -0.2) is 17.2 Å². The van der Waals surface area contributed by atoms with E-state index in [1.54, 1.807) is 12.1 Å². The molecule has 58 valence electrons. The Balaban J connectivity index is 3.02. The Bertz CT molecular complexity index is 244. The summed E-state index contributed by atoms with van der Waals surface area (Å²) in [6.45, 7) is 0. The highest BCUT2D eigenvalue weighted by Crippen LogP contribution is 2.02. The average molecular weight is 155 g/mol. The van der Waals surface area contributed by atoms with E-state index in [0.29, 0.717) is 0 Å². The molecule has 0 heterocycles. The second-order valence-corrected chi connectivity index (χ2v) is 2.06. The SMILES string of the molecule is OB(O)c1ccccc1NF. The van der Waals surface area contributed by atoms with Crippen molar-refractivity contribution in [3.05, 3.63) is 24.3 Å². The highest BCUT2D eigenvalue weighted by molar-refractivity contribution is 6.60. The molecule has 0 aliphatic rings. The summed E-state index contributed by atoms with van der Waals surface area (Å²) < 4.78 is 11.9. The Labute approximate surface area is 63.6 Å². The van der Waals surface area contributed by atoms with Crippen molar-refractivity contribution in [1.29, 1.82) is 0 Å². The van der Waals surface area contributed by atoms with Gasteiger partial charge < -0.3 is 10.0 Å². The molecule has 5 heteroatoms. The fraction of sp³-hybridized carbons (Fsp3) is 0. The normalized spacial score (nSPS) is 9.36. The average Bonchev–Trinajstić information content (AvgIpc) is 2.04. The summed E-state index contributed by atoms with van der Waals surface area (Å²) in [5.41, 5.74) is 1.55. The van der Waals surface area contributed by atoms with Crippen LogP contribution in [0.3, 0.4) is 0 Å². The number of benzene rings is 1. The zero-order chi connectivity index (χ0) is 8.27. The summed E-state index contributed by atoms with van der Waals surface area (Å²) in [6.07, 6.45) is 0. The van der Waals surface area contributed by atoms with Gasteiger partial charge in [0.25, 0.3) is 0 Å². The zero-order valence-electron chi connectivity index (χ0n) is 5.66. The summed E-state index contributed by atoms with van der Waals surface area (Å²) in [5.74, 6) is 0. The first-order valence-corrected chi connectivity index (χ1v) is 3.07. The minimum Gasteiger partial charge on any atom is -0.423 e. The molecule has 0 aliphatic carbocycles. The number of hydrogen-bond acceptors (Lipinski definition) is 3. The lowest BCUT2D eigenvalue weighted by Gasteiger charge is -2.03. The molecule has 0 amide bonds. The molecular weight excluding hydrogens is 148 g/mol. The minimum atomic E-state index is -1.64. The Hall–Kier alpha value is -1.07. The minimum absolute atomic E-state index is 0.0718. The lowest BCUT2D eigenvalue weighted by atomic mass is 9.79. The number of rotatable bonds is 2. The molecule has 11 heavy (non-hydrogen) atoms. The fourth-order valence-electron chi connectivity index (χ4n) is 0.808. The van der Waals surface area contributed by atoms with Crippen molar-refractivity contribution in [1.82, 2.24) is 0 Å². The molecule has 0 atom stereocenters. The molecule has 1 aromatic rings. The monoisotopic (exact) mass is 155 g/mol. The molecule has 0 saturated heterocycles. The van der Waals surface area contributed by atoms with Gasteiger partial charge in [-0.25, -0.2) is 5.54 Å². The Morgan fingerprint density at radius 2 is 1.91 bits per heavy atom. The molecule has 0 fully saturated rings. The van der Waals surface area contributed by atoms with Gasteiger partial charge in [-0.05, 0) is 6.07 Å². The maximum absolute atomic E-state index is 11.9. The van der Waals surface area contributed by atoms with Gasteiger partial charge in [0.1, 0.15) is 0 Å². The van der Waals surface area contributed by atoms with Crippen molar-refractivity contribution < 1.29 is 14.5 Å². The molecule has 1 rings (SSSR count).